The Morgan fingerprint density at radius 3 is 1.30 bits per heavy atom. The highest BCUT2D eigenvalue weighted by molar-refractivity contribution is 6.04. The molecule has 9 aromatic carbocycles. The summed E-state index contributed by atoms with van der Waals surface area (Å²) in [5.41, 5.74) is 26.1. The van der Waals surface area contributed by atoms with E-state index in [9.17, 15) is 0 Å². The van der Waals surface area contributed by atoms with Crippen LogP contribution in [-0.2, 0) is 10.8 Å². The number of hydrogen-bond donors (Lipinski definition) is 0. The average molecular weight is 950 g/mol. The smallest absolute Gasteiger partial charge is 0.137 e. The van der Waals surface area contributed by atoms with Gasteiger partial charge in [-0.25, -0.2) is 15.0 Å². The monoisotopic (exact) mass is 949 g/mol. The third kappa shape index (κ3) is 6.88. The van der Waals surface area contributed by atoms with E-state index in [0.717, 1.165) is 89.8 Å². The van der Waals surface area contributed by atoms with Crippen LogP contribution < -0.4 is 4.90 Å². The van der Waals surface area contributed by atoms with Gasteiger partial charge in [0.1, 0.15) is 5.65 Å². The summed E-state index contributed by atoms with van der Waals surface area (Å²) in [5.74, 6) is 0. The first-order valence-corrected chi connectivity index (χ1v) is 25.6. The van der Waals surface area contributed by atoms with Crippen molar-refractivity contribution in [2.24, 2.45) is 0 Å². The van der Waals surface area contributed by atoms with Crippen molar-refractivity contribution < 1.29 is 0 Å². The molecule has 0 radical (unpaired) electrons. The Kier molecular flexibility index (Phi) is 9.83. The maximum atomic E-state index is 5.85. The minimum Gasteiger partial charge on any atom is -0.311 e. The molecule has 0 amide bonds. The van der Waals surface area contributed by atoms with Crippen LogP contribution in [0.25, 0.3) is 95.0 Å². The minimum absolute atomic E-state index is 0.151. The Morgan fingerprint density at radius 1 is 0.338 bits per heavy atom. The summed E-state index contributed by atoms with van der Waals surface area (Å²) < 4.78 is 2.06. The first kappa shape index (κ1) is 43.6. The van der Waals surface area contributed by atoms with Crippen molar-refractivity contribution in [1.29, 1.82) is 0 Å². The number of hydrogen-bond acceptors (Lipinski definition) is 4. The van der Waals surface area contributed by atoms with Crippen LogP contribution in [0, 0.1) is 0 Å². The van der Waals surface area contributed by atoms with E-state index in [2.05, 4.69) is 249 Å². The van der Waals surface area contributed by atoms with E-state index in [-0.39, 0.29) is 10.8 Å². The molecule has 0 fully saturated rings. The molecule has 0 saturated heterocycles. The predicted octanol–water partition coefficient (Wildman–Crippen LogP) is 17.7. The van der Waals surface area contributed by atoms with Crippen molar-refractivity contribution >= 4 is 33.7 Å². The molecule has 0 aliphatic heterocycles. The van der Waals surface area contributed by atoms with E-state index in [1.165, 1.54) is 44.5 Å². The molecule has 352 valence electrons. The number of pyridine rings is 1. The molecule has 5 nitrogen and oxygen atoms in total. The predicted molar refractivity (Wildman–Crippen MR) is 305 cm³/mol. The van der Waals surface area contributed by atoms with Crippen LogP contribution in [0.1, 0.15) is 49.9 Å². The molecular formula is C69H51N5. The van der Waals surface area contributed by atoms with Gasteiger partial charge in [-0.1, -0.05) is 191 Å². The van der Waals surface area contributed by atoms with Gasteiger partial charge in [0.05, 0.1) is 28.1 Å². The fourth-order valence-electron chi connectivity index (χ4n) is 12.0. The third-order valence-electron chi connectivity index (χ3n) is 15.9. The van der Waals surface area contributed by atoms with E-state index in [1.54, 1.807) is 0 Å². The summed E-state index contributed by atoms with van der Waals surface area (Å²) in [6, 6.07) is 81.0. The van der Waals surface area contributed by atoms with Crippen LogP contribution in [0.2, 0.25) is 0 Å². The standard InChI is InChI=1S/C69H51N5/c1-68(2)58-23-13-11-21-54(58)56-36-30-47(41-60(56)68)52-38-39-53(48-31-37-57-55-22-12-14-24-59(55)69(3,4)61(57)42-48)67-66(52)71-64(45-17-7-5-8-18-45)65(72-67)46-28-34-51(35-29-46)74(49-19-9-6-10-20-49)50-32-26-44(27-33-50)62-43-73-40-16-15-25-63(73)70-62/h5-43H,1-4H3. The molecule has 0 unspecified atom stereocenters. The fourth-order valence-corrected chi connectivity index (χ4v) is 12.0. The van der Waals surface area contributed by atoms with Crippen molar-refractivity contribution in [3.05, 3.63) is 259 Å². The number of imidazole rings is 1. The van der Waals surface area contributed by atoms with Crippen LogP contribution in [0.15, 0.2) is 237 Å². The van der Waals surface area contributed by atoms with Gasteiger partial charge in [0, 0.05) is 68.1 Å². The summed E-state index contributed by atoms with van der Waals surface area (Å²) in [4.78, 5) is 18.9. The molecule has 2 aliphatic rings. The Labute approximate surface area is 431 Å². The van der Waals surface area contributed by atoms with Gasteiger partial charge in [-0.15, -0.1) is 0 Å². The van der Waals surface area contributed by atoms with Crippen molar-refractivity contribution in [3.8, 4) is 78.3 Å². The normalized spacial score (nSPS) is 13.6. The molecular weight excluding hydrogens is 899 g/mol. The van der Waals surface area contributed by atoms with Crippen LogP contribution in [0.3, 0.4) is 0 Å². The molecule has 3 heterocycles. The molecule has 0 N–H and O–H groups in total. The zero-order chi connectivity index (χ0) is 49.7. The highest BCUT2D eigenvalue weighted by Gasteiger charge is 2.37. The Morgan fingerprint density at radius 2 is 0.757 bits per heavy atom. The number of benzene rings is 9. The van der Waals surface area contributed by atoms with Gasteiger partial charge < -0.3 is 9.30 Å². The first-order chi connectivity index (χ1) is 36.2. The highest BCUT2D eigenvalue weighted by Crippen LogP contribution is 2.52. The van der Waals surface area contributed by atoms with Crippen LogP contribution in [0.5, 0.6) is 0 Å². The van der Waals surface area contributed by atoms with Crippen LogP contribution >= 0.6 is 0 Å². The molecule has 12 aromatic rings. The van der Waals surface area contributed by atoms with E-state index in [4.69, 9.17) is 15.0 Å². The number of fused-ring (bicyclic) bond motifs is 8. The summed E-state index contributed by atoms with van der Waals surface area (Å²) >= 11 is 0. The van der Waals surface area contributed by atoms with Crippen LogP contribution in [0.4, 0.5) is 17.1 Å². The Balaban J connectivity index is 0.937. The van der Waals surface area contributed by atoms with Crippen molar-refractivity contribution in [3.63, 3.8) is 0 Å². The molecule has 14 rings (SSSR count). The van der Waals surface area contributed by atoms with Crippen molar-refractivity contribution in [2.75, 3.05) is 4.90 Å². The SMILES string of the molecule is CC1(C)c2ccccc2-c2ccc(-c3ccc(-c4ccc5c(c4)C(C)(C)c4ccccc4-5)c4nc(-c5ccc(N(c6ccccc6)c6ccc(-c7cn8ccccc8n7)cc6)cc5)c(-c5ccccc5)nc34)cc21. The molecule has 0 spiro atoms. The number of nitrogens with zero attached hydrogens (tertiary/aromatic N) is 5. The molecule has 0 bridgehead atoms. The molecule has 74 heavy (non-hydrogen) atoms. The maximum absolute atomic E-state index is 5.85. The molecule has 2 aliphatic carbocycles. The molecule has 0 atom stereocenters. The fraction of sp³-hybridized carbons (Fsp3) is 0.0870. The van der Waals surface area contributed by atoms with Crippen molar-refractivity contribution in [1.82, 2.24) is 19.4 Å². The molecule has 5 heteroatoms. The van der Waals surface area contributed by atoms with Gasteiger partial charge in [-0.05, 0) is 116 Å². The lowest BCUT2D eigenvalue weighted by molar-refractivity contribution is 0.660. The summed E-state index contributed by atoms with van der Waals surface area (Å²) in [6.45, 7) is 9.39. The van der Waals surface area contributed by atoms with E-state index in [1.807, 2.05) is 24.4 Å². The van der Waals surface area contributed by atoms with Gasteiger partial charge >= 0.3 is 0 Å². The van der Waals surface area contributed by atoms with Gasteiger partial charge in [-0.2, -0.15) is 0 Å². The Bertz CT molecular complexity index is 4140. The number of rotatable bonds is 8. The first-order valence-electron chi connectivity index (χ1n) is 25.6. The van der Waals surface area contributed by atoms with E-state index in [0.29, 0.717) is 0 Å². The molecule has 0 saturated carbocycles. The van der Waals surface area contributed by atoms with Crippen molar-refractivity contribution in [2.45, 2.75) is 38.5 Å². The number of para-hydroxylation sites is 1. The lowest BCUT2D eigenvalue weighted by Crippen LogP contribution is -2.15. The van der Waals surface area contributed by atoms with E-state index >= 15 is 0 Å². The topological polar surface area (TPSA) is 46.3 Å². The second-order valence-corrected chi connectivity index (χ2v) is 20.9. The third-order valence-corrected chi connectivity index (χ3v) is 15.9. The van der Waals surface area contributed by atoms with Gasteiger partial charge in [-0.3, -0.25) is 0 Å². The van der Waals surface area contributed by atoms with Gasteiger partial charge in [0.15, 0.2) is 0 Å². The maximum Gasteiger partial charge on any atom is 0.137 e. The lowest BCUT2D eigenvalue weighted by atomic mass is 9.81. The van der Waals surface area contributed by atoms with Gasteiger partial charge in [0.25, 0.3) is 0 Å². The zero-order valence-corrected chi connectivity index (χ0v) is 41.8. The lowest BCUT2D eigenvalue weighted by Gasteiger charge is -2.26. The minimum atomic E-state index is -0.156. The largest absolute Gasteiger partial charge is 0.311 e. The average Bonchev–Trinajstić information content (AvgIpc) is 4.07. The quantitative estimate of drug-likeness (QED) is 0.152. The molecule has 3 aromatic heterocycles. The van der Waals surface area contributed by atoms with Crippen LogP contribution in [-0.4, -0.2) is 19.4 Å². The second-order valence-electron chi connectivity index (χ2n) is 20.9. The highest BCUT2D eigenvalue weighted by atomic mass is 15.1. The zero-order valence-electron chi connectivity index (χ0n) is 41.8. The summed E-state index contributed by atoms with van der Waals surface area (Å²) in [5, 5.41) is 0. The number of aromatic nitrogens is 4. The Hall–Kier alpha value is -9.19. The summed E-state index contributed by atoms with van der Waals surface area (Å²) in [6.07, 6.45) is 4.12. The number of anilines is 3. The second kappa shape index (κ2) is 16.7. The summed E-state index contributed by atoms with van der Waals surface area (Å²) in [7, 11) is 0. The van der Waals surface area contributed by atoms with E-state index < -0.39 is 0 Å². The van der Waals surface area contributed by atoms with Gasteiger partial charge in [0.2, 0.25) is 0 Å².